The first-order valence-corrected chi connectivity index (χ1v) is 16.0. The minimum atomic E-state index is -2.16. The number of ether oxygens (including phenoxy) is 4. The topological polar surface area (TPSA) is 120 Å². The average molecular weight is 672 g/mol. The molecule has 250 valence electrons. The number of morpholine rings is 1. The molecule has 0 spiro atoms. The molecule has 1 N–H and O–H groups in total. The number of pyridine rings is 1. The lowest BCUT2D eigenvalue weighted by atomic mass is 9.93. The van der Waals surface area contributed by atoms with E-state index in [2.05, 4.69) is 0 Å². The van der Waals surface area contributed by atoms with Gasteiger partial charge in [0.25, 0.3) is 5.91 Å². The van der Waals surface area contributed by atoms with E-state index in [1.807, 2.05) is 24.3 Å². The summed E-state index contributed by atoms with van der Waals surface area (Å²) in [5, 5.41) is 12.6. The summed E-state index contributed by atoms with van der Waals surface area (Å²) in [6, 6.07) is 10.4. The van der Waals surface area contributed by atoms with E-state index in [0.29, 0.717) is 5.56 Å². The number of rotatable bonds is 6. The maximum atomic E-state index is 15.4. The van der Waals surface area contributed by atoms with Gasteiger partial charge in [-0.15, -0.1) is 11.8 Å². The number of thioether (sulfide) groups is 1. The lowest BCUT2D eigenvalue weighted by molar-refractivity contribution is -0.269. The van der Waals surface area contributed by atoms with E-state index in [1.165, 1.54) is 47.4 Å². The molecule has 1 fully saturated rings. The summed E-state index contributed by atoms with van der Waals surface area (Å²) in [5.41, 5.74) is -2.11. The molecule has 3 aromatic rings. The Morgan fingerprint density at radius 1 is 1.06 bits per heavy atom. The molecular formula is C33H35F2N3O8S. The van der Waals surface area contributed by atoms with Crippen LogP contribution in [0.25, 0.3) is 0 Å². The van der Waals surface area contributed by atoms with Gasteiger partial charge in [-0.05, 0) is 57.9 Å². The van der Waals surface area contributed by atoms with Gasteiger partial charge in [0.05, 0.1) is 19.3 Å². The molecule has 0 aliphatic carbocycles. The maximum Gasteiger partial charge on any atom is 0.338 e. The predicted octanol–water partition coefficient (Wildman–Crippen LogP) is 4.06. The fourth-order valence-electron chi connectivity index (χ4n) is 5.91. The van der Waals surface area contributed by atoms with Gasteiger partial charge in [-0.25, -0.2) is 13.6 Å². The van der Waals surface area contributed by atoms with E-state index in [9.17, 15) is 23.9 Å². The van der Waals surface area contributed by atoms with Gasteiger partial charge in [-0.2, -0.15) is 0 Å². The number of esters is 1. The molecule has 4 heterocycles. The number of hydrogen-bond acceptors (Lipinski definition) is 10. The monoisotopic (exact) mass is 671 g/mol. The Hall–Kier alpha value is -3.98. The summed E-state index contributed by atoms with van der Waals surface area (Å²) in [7, 11) is 0. The minimum absolute atomic E-state index is 0.0775. The highest BCUT2D eigenvalue weighted by Crippen LogP contribution is 2.45. The molecular weight excluding hydrogens is 636 g/mol. The van der Waals surface area contributed by atoms with E-state index < -0.39 is 64.6 Å². The second kappa shape index (κ2) is 12.2. The number of benzene rings is 2. The minimum Gasteiger partial charge on any atom is -0.458 e. The summed E-state index contributed by atoms with van der Waals surface area (Å²) in [6.07, 6.45) is 0.667. The molecule has 0 bridgehead atoms. The average Bonchev–Trinajstić information content (AvgIpc) is 3.17. The zero-order valence-corrected chi connectivity index (χ0v) is 27.3. The number of aromatic nitrogens is 1. The molecule has 2 aromatic carbocycles. The van der Waals surface area contributed by atoms with Crippen LogP contribution < -0.4 is 15.2 Å². The van der Waals surface area contributed by atoms with Crippen LogP contribution in [0.4, 0.5) is 8.78 Å². The number of halogens is 2. The van der Waals surface area contributed by atoms with Crippen LogP contribution in [-0.4, -0.2) is 70.2 Å². The molecule has 3 atom stereocenters. The molecule has 14 heteroatoms. The molecule has 1 aromatic heterocycles. The summed E-state index contributed by atoms with van der Waals surface area (Å²) in [6.45, 7) is 6.05. The van der Waals surface area contributed by atoms with E-state index in [0.717, 1.165) is 22.6 Å². The fourth-order valence-corrected chi connectivity index (χ4v) is 7.02. The maximum absolute atomic E-state index is 15.4. The number of nitrogens with zero attached hydrogens (tertiary/aromatic N) is 3. The first-order chi connectivity index (χ1) is 22.2. The Labute approximate surface area is 273 Å². The molecule has 0 saturated carbocycles. The van der Waals surface area contributed by atoms with Crippen molar-refractivity contribution in [3.05, 3.63) is 92.9 Å². The van der Waals surface area contributed by atoms with Crippen LogP contribution in [-0.2, 0) is 24.8 Å². The standard InChI is InChI=1S/C33H35F2N3O8S/c1-32(2,3)45-30(41)33(4,5)46-31(42)44-28-22(39)12-13-37-27(28)29(40)36-14-15-43-16-24(36)38(37)26-18-10-11-21(34)25(35)20(18)17-47-23-9-7-6-8-19(23)26/h6-13,24,26,31,42H,14-17H2,1-5H3/t24-,26+,31?/m1/s1. The summed E-state index contributed by atoms with van der Waals surface area (Å²) in [4.78, 5) is 42.6. The Morgan fingerprint density at radius 3 is 2.55 bits per heavy atom. The van der Waals surface area contributed by atoms with Crippen LogP contribution in [0.2, 0.25) is 0 Å². The van der Waals surface area contributed by atoms with Crippen LogP contribution in [0.15, 0.2) is 58.4 Å². The molecule has 3 aliphatic heterocycles. The Balaban J connectivity index is 1.48. The van der Waals surface area contributed by atoms with Crippen LogP contribution in [0, 0.1) is 11.6 Å². The summed E-state index contributed by atoms with van der Waals surface area (Å²) >= 11 is 1.36. The van der Waals surface area contributed by atoms with Crippen molar-refractivity contribution in [2.24, 2.45) is 0 Å². The van der Waals surface area contributed by atoms with Crippen LogP contribution in [0.3, 0.4) is 0 Å². The molecule has 0 radical (unpaired) electrons. The number of aliphatic hydroxyl groups is 1. The van der Waals surface area contributed by atoms with Crippen molar-refractivity contribution in [1.29, 1.82) is 0 Å². The van der Waals surface area contributed by atoms with Gasteiger partial charge >= 0.3 is 12.4 Å². The highest BCUT2D eigenvalue weighted by molar-refractivity contribution is 7.98. The zero-order chi connectivity index (χ0) is 33.8. The molecule has 47 heavy (non-hydrogen) atoms. The highest BCUT2D eigenvalue weighted by Gasteiger charge is 2.47. The SMILES string of the molecule is CC(C)(C)OC(=O)C(C)(C)OC(O)Oc1c2n(ccc1=O)N([C@@H]1c3ccccc3SCc3c1ccc(F)c3F)[C@@H]1COCCN1C2=O. The van der Waals surface area contributed by atoms with Gasteiger partial charge in [0.2, 0.25) is 11.2 Å². The van der Waals surface area contributed by atoms with Crippen molar-refractivity contribution < 1.29 is 42.4 Å². The number of carbonyl (C=O) groups is 2. The van der Waals surface area contributed by atoms with Gasteiger partial charge in [-0.3, -0.25) is 19.3 Å². The fraction of sp³-hybridized carbons (Fsp3) is 0.424. The molecule has 11 nitrogen and oxygen atoms in total. The largest absolute Gasteiger partial charge is 0.458 e. The normalized spacial score (nSPS) is 20.0. The number of amides is 1. The first-order valence-electron chi connectivity index (χ1n) is 15.1. The molecule has 1 saturated heterocycles. The van der Waals surface area contributed by atoms with Crippen LogP contribution >= 0.6 is 11.8 Å². The number of hydrogen-bond donors (Lipinski definition) is 1. The quantitative estimate of drug-likeness (QED) is 0.304. The number of aliphatic hydroxyl groups excluding tert-OH is 1. The lowest BCUT2D eigenvalue weighted by Crippen LogP contribution is -2.66. The van der Waals surface area contributed by atoms with Crippen molar-refractivity contribution >= 4 is 23.6 Å². The van der Waals surface area contributed by atoms with Crippen molar-refractivity contribution in [2.75, 3.05) is 24.8 Å². The molecule has 6 rings (SSSR count). The number of carbonyl (C=O) groups excluding carboxylic acids is 2. The van der Waals surface area contributed by atoms with Gasteiger partial charge in [0.15, 0.2) is 22.9 Å². The van der Waals surface area contributed by atoms with E-state index >= 15 is 4.39 Å². The summed E-state index contributed by atoms with van der Waals surface area (Å²) < 4.78 is 53.7. The lowest BCUT2D eigenvalue weighted by Gasteiger charge is -2.51. The van der Waals surface area contributed by atoms with Crippen LogP contribution in [0.1, 0.15) is 67.8 Å². The smallest absolute Gasteiger partial charge is 0.338 e. The molecule has 1 unspecified atom stereocenters. The van der Waals surface area contributed by atoms with Crippen molar-refractivity contribution in [2.45, 2.75) is 75.2 Å². The van der Waals surface area contributed by atoms with Crippen molar-refractivity contribution in [3.8, 4) is 5.75 Å². The van der Waals surface area contributed by atoms with E-state index in [1.54, 1.807) is 25.8 Å². The van der Waals surface area contributed by atoms with Gasteiger partial charge < -0.3 is 29.0 Å². The van der Waals surface area contributed by atoms with Gasteiger partial charge in [-0.1, -0.05) is 24.3 Å². The van der Waals surface area contributed by atoms with E-state index in [4.69, 9.17) is 18.9 Å². The van der Waals surface area contributed by atoms with Gasteiger partial charge in [0, 0.05) is 35.0 Å². The Bertz CT molecular complexity index is 1790. The first kappa shape index (κ1) is 32.9. The zero-order valence-electron chi connectivity index (χ0n) is 26.5. The second-order valence-electron chi connectivity index (χ2n) is 12.8. The third kappa shape index (κ3) is 6.10. The third-order valence-corrected chi connectivity index (χ3v) is 9.15. The van der Waals surface area contributed by atoms with Crippen LogP contribution in [0.5, 0.6) is 5.75 Å². The second-order valence-corrected chi connectivity index (χ2v) is 13.9. The van der Waals surface area contributed by atoms with Crippen molar-refractivity contribution in [1.82, 2.24) is 9.58 Å². The predicted molar refractivity (Wildman–Crippen MR) is 166 cm³/mol. The molecule has 3 aliphatic rings. The molecule has 1 amide bonds. The Morgan fingerprint density at radius 2 is 1.81 bits per heavy atom. The van der Waals surface area contributed by atoms with E-state index in [-0.39, 0.29) is 36.8 Å². The summed E-state index contributed by atoms with van der Waals surface area (Å²) in [5.74, 6) is -3.68. The van der Waals surface area contributed by atoms with Crippen molar-refractivity contribution in [3.63, 3.8) is 0 Å². The Kier molecular flexibility index (Phi) is 8.57. The third-order valence-electron chi connectivity index (χ3n) is 8.04. The van der Waals surface area contributed by atoms with Gasteiger partial charge in [0.1, 0.15) is 11.8 Å². The highest BCUT2D eigenvalue weighted by atomic mass is 32.2. The number of fused-ring (bicyclic) bond motifs is 4.